The second-order valence-electron chi connectivity index (χ2n) is 4.78. The highest BCUT2D eigenvalue weighted by molar-refractivity contribution is 5.44. The Kier molecular flexibility index (Phi) is 3.98. The molecule has 1 aromatic carbocycles. The Balaban J connectivity index is 2.11. The van der Waals surface area contributed by atoms with Gasteiger partial charge < -0.3 is 4.74 Å². The van der Waals surface area contributed by atoms with E-state index in [4.69, 9.17) is 10.00 Å². The van der Waals surface area contributed by atoms with E-state index >= 15 is 0 Å². The summed E-state index contributed by atoms with van der Waals surface area (Å²) in [6, 6.07) is 5.04. The molecule has 1 saturated carbocycles. The maximum atomic E-state index is 12.7. The minimum Gasteiger partial charge on any atom is -0.493 e. The maximum absolute atomic E-state index is 12.7. The molecule has 0 spiro atoms. The van der Waals surface area contributed by atoms with E-state index in [9.17, 15) is 13.2 Å². The minimum absolute atomic E-state index is 0.179. The van der Waals surface area contributed by atoms with Crippen molar-refractivity contribution in [3.63, 3.8) is 0 Å². The molecule has 1 aliphatic carbocycles. The lowest BCUT2D eigenvalue weighted by Gasteiger charge is -2.14. The van der Waals surface area contributed by atoms with Crippen LogP contribution < -0.4 is 4.74 Å². The highest BCUT2D eigenvalue weighted by Gasteiger charge is 2.34. The standard InChI is InChI=1S/C14H14F3NO/c15-14(16,17)13-7-12(6-5-11(13)8-18)19-9-10-3-1-2-4-10/h5-7,10H,1-4,9H2. The Labute approximate surface area is 109 Å². The second-order valence-corrected chi connectivity index (χ2v) is 4.78. The van der Waals surface area contributed by atoms with Crippen molar-refractivity contribution in [2.24, 2.45) is 5.92 Å². The molecule has 0 aromatic heterocycles. The van der Waals surface area contributed by atoms with Gasteiger partial charge in [0.15, 0.2) is 0 Å². The molecule has 0 saturated heterocycles. The van der Waals surface area contributed by atoms with Gasteiger partial charge in [0.25, 0.3) is 0 Å². The predicted octanol–water partition coefficient (Wildman–Crippen LogP) is 4.15. The summed E-state index contributed by atoms with van der Waals surface area (Å²) in [5.41, 5.74) is -1.31. The molecule has 0 N–H and O–H groups in total. The van der Waals surface area contributed by atoms with Crippen LogP contribution in [-0.2, 0) is 6.18 Å². The Bertz CT molecular complexity index is 484. The average Bonchev–Trinajstić information content (AvgIpc) is 2.88. The Hall–Kier alpha value is -1.70. The SMILES string of the molecule is N#Cc1ccc(OCC2CCCC2)cc1C(F)(F)F. The molecule has 0 radical (unpaired) electrons. The van der Waals surface area contributed by atoms with Gasteiger partial charge in [-0.2, -0.15) is 18.4 Å². The molecule has 0 unspecified atom stereocenters. The Morgan fingerprint density at radius 2 is 1.95 bits per heavy atom. The van der Waals surface area contributed by atoms with Crippen LogP contribution in [0.1, 0.15) is 36.8 Å². The molecular weight excluding hydrogens is 255 g/mol. The molecule has 5 heteroatoms. The summed E-state index contributed by atoms with van der Waals surface area (Å²) in [6.45, 7) is 0.448. The van der Waals surface area contributed by atoms with Gasteiger partial charge in [0.05, 0.1) is 23.8 Å². The van der Waals surface area contributed by atoms with Gasteiger partial charge in [0.1, 0.15) is 5.75 Å². The highest BCUT2D eigenvalue weighted by Crippen LogP contribution is 2.34. The average molecular weight is 269 g/mol. The molecule has 0 aliphatic heterocycles. The van der Waals surface area contributed by atoms with Crippen molar-refractivity contribution in [1.82, 2.24) is 0 Å². The van der Waals surface area contributed by atoms with Crippen LogP contribution in [0.25, 0.3) is 0 Å². The lowest BCUT2D eigenvalue weighted by atomic mass is 10.1. The smallest absolute Gasteiger partial charge is 0.417 e. The van der Waals surface area contributed by atoms with Crippen molar-refractivity contribution in [1.29, 1.82) is 5.26 Å². The largest absolute Gasteiger partial charge is 0.493 e. The second kappa shape index (κ2) is 5.52. The molecule has 1 aromatic rings. The van der Waals surface area contributed by atoms with Gasteiger partial charge in [-0.3, -0.25) is 0 Å². The van der Waals surface area contributed by atoms with Crippen molar-refractivity contribution in [2.75, 3.05) is 6.61 Å². The number of hydrogen-bond acceptors (Lipinski definition) is 2. The van der Waals surface area contributed by atoms with Gasteiger partial charge >= 0.3 is 6.18 Å². The van der Waals surface area contributed by atoms with Crippen LogP contribution in [0.5, 0.6) is 5.75 Å². The van der Waals surface area contributed by atoms with E-state index < -0.39 is 11.7 Å². The number of alkyl halides is 3. The third-order valence-electron chi connectivity index (χ3n) is 3.38. The summed E-state index contributed by atoms with van der Waals surface area (Å²) in [5, 5.41) is 8.68. The molecule has 19 heavy (non-hydrogen) atoms. The van der Waals surface area contributed by atoms with Crippen molar-refractivity contribution in [3.05, 3.63) is 29.3 Å². The van der Waals surface area contributed by atoms with Crippen molar-refractivity contribution in [2.45, 2.75) is 31.9 Å². The normalized spacial score (nSPS) is 16.3. The zero-order valence-electron chi connectivity index (χ0n) is 10.3. The quantitative estimate of drug-likeness (QED) is 0.826. The number of rotatable bonds is 3. The van der Waals surface area contributed by atoms with E-state index in [-0.39, 0.29) is 11.3 Å². The number of nitriles is 1. The van der Waals surface area contributed by atoms with Gasteiger partial charge in [-0.1, -0.05) is 12.8 Å². The van der Waals surface area contributed by atoms with Crippen molar-refractivity contribution in [3.8, 4) is 11.8 Å². The number of halogens is 3. The van der Waals surface area contributed by atoms with E-state index in [1.54, 1.807) is 6.07 Å². The van der Waals surface area contributed by atoms with Gasteiger partial charge in [-0.05, 0) is 37.0 Å². The summed E-state index contributed by atoms with van der Waals surface area (Å²) >= 11 is 0. The zero-order chi connectivity index (χ0) is 13.9. The van der Waals surface area contributed by atoms with Crippen molar-refractivity contribution >= 4 is 0 Å². The monoisotopic (exact) mass is 269 g/mol. The first-order valence-corrected chi connectivity index (χ1v) is 6.25. The van der Waals surface area contributed by atoms with Crippen LogP contribution in [0.3, 0.4) is 0 Å². The minimum atomic E-state index is -4.53. The van der Waals surface area contributed by atoms with E-state index in [1.165, 1.54) is 6.07 Å². The van der Waals surface area contributed by atoms with Gasteiger partial charge in [0, 0.05) is 0 Å². The first-order chi connectivity index (χ1) is 9.00. The summed E-state index contributed by atoms with van der Waals surface area (Å²) in [7, 11) is 0. The molecule has 0 heterocycles. The van der Waals surface area contributed by atoms with E-state index in [2.05, 4.69) is 0 Å². The summed E-state index contributed by atoms with van der Waals surface area (Å²) in [6.07, 6.45) is -0.0625. The fraction of sp³-hybridized carbons (Fsp3) is 0.500. The lowest BCUT2D eigenvalue weighted by molar-refractivity contribution is -0.137. The van der Waals surface area contributed by atoms with Crippen LogP contribution in [0.4, 0.5) is 13.2 Å². The fourth-order valence-corrected chi connectivity index (χ4v) is 2.34. The van der Waals surface area contributed by atoms with Crippen LogP contribution >= 0.6 is 0 Å². The molecule has 0 atom stereocenters. The van der Waals surface area contributed by atoms with E-state index in [0.717, 1.165) is 37.8 Å². The number of benzene rings is 1. The third kappa shape index (κ3) is 3.40. The van der Waals surface area contributed by atoms with Crippen LogP contribution in [0, 0.1) is 17.2 Å². The molecule has 2 nitrogen and oxygen atoms in total. The summed E-state index contributed by atoms with van der Waals surface area (Å²) in [5.74, 6) is 0.614. The number of ether oxygens (including phenoxy) is 1. The van der Waals surface area contributed by atoms with E-state index in [0.29, 0.717) is 12.5 Å². The molecule has 0 amide bonds. The molecule has 1 aliphatic rings. The summed E-state index contributed by atoms with van der Waals surface area (Å²) < 4.78 is 43.7. The molecule has 2 rings (SSSR count). The molecule has 1 fully saturated rings. The Morgan fingerprint density at radius 3 is 2.53 bits per heavy atom. The topological polar surface area (TPSA) is 33.0 Å². The first kappa shape index (κ1) is 13.7. The number of hydrogen-bond donors (Lipinski definition) is 0. The molecular formula is C14H14F3NO. The first-order valence-electron chi connectivity index (χ1n) is 6.25. The third-order valence-corrected chi connectivity index (χ3v) is 3.38. The van der Waals surface area contributed by atoms with Crippen molar-refractivity contribution < 1.29 is 17.9 Å². The Morgan fingerprint density at radius 1 is 1.26 bits per heavy atom. The van der Waals surface area contributed by atoms with Gasteiger partial charge in [-0.25, -0.2) is 0 Å². The van der Waals surface area contributed by atoms with Crippen LogP contribution in [0.15, 0.2) is 18.2 Å². The van der Waals surface area contributed by atoms with E-state index in [1.807, 2.05) is 0 Å². The fourth-order valence-electron chi connectivity index (χ4n) is 2.34. The molecule has 0 bridgehead atoms. The molecule has 102 valence electrons. The summed E-state index contributed by atoms with van der Waals surface area (Å²) in [4.78, 5) is 0. The highest BCUT2D eigenvalue weighted by atomic mass is 19.4. The maximum Gasteiger partial charge on any atom is 0.417 e. The lowest BCUT2D eigenvalue weighted by Crippen LogP contribution is -2.11. The van der Waals surface area contributed by atoms with Crippen LogP contribution in [-0.4, -0.2) is 6.61 Å². The zero-order valence-corrected chi connectivity index (χ0v) is 10.3. The number of nitrogens with zero attached hydrogens (tertiary/aromatic N) is 1. The van der Waals surface area contributed by atoms with Crippen LogP contribution in [0.2, 0.25) is 0 Å². The van der Waals surface area contributed by atoms with Gasteiger partial charge in [0.2, 0.25) is 0 Å². The predicted molar refractivity (Wildman–Crippen MR) is 63.6 cm³/mol. The van der Waals surface area contributed by atoms with Gasteiger partial charge in [-0.15, -0.1) is 0 Å².